The van der Waals surface area contributed by atoms with Gasteiger partial charge in [0.1, 0.15) is 5.76 Å². The summed E-state index contributed by atoms with van der Waals surface area (Å²) in [4.78, 5) is 6.69. The number of hydrogen-bond donors (Lipinski definition) is 2. The lowest BCUT2D eigenvalue weighted by Gasteiger charge is -2.21. The Balaban J connectivity index is 0.00000192. The largest absolute Gasteiger partial charge is 0.469 e. The minimum atomic E-state index is 0. The van der Waals surface area contributed by atoms with E-state index in [2.05, 4.69) is 15.2 Å². The summed E-state index contributed by atoms with van der Waals surface area (Å²) in [6.07, 6.45) is 1.72. The number of aliphatic hydroxyl groups excluding tert-OH is 1. The molecule has 2 heterocycles. The summed E-state index contributed by atoms with van der Waals surface area (Å²) < 4.78 is 5.33. The van der Waals surface area contributed by atoms with E-state index in [0.29, 0.717) is 0 Å². The lowest BCUT2D eigenvalue weighted by atomic mass is 10.1. The summed E-state index contributed by atoms with van der Waals surface area (Å²) in [6.45, 7) is 3.54. The van der Waals surface area contributed by atoms with Gasteiger partial charge >= 0.3 is 0 Å². The molecule has 0 amide bonds. The summed E-state index contributed by atoms with van der Waals surface area (Å²) >= 11 is 0. The van der Waals surface area contributed by atoms with Gasteiger partial charge in [-0.1, -0.05) is 24.3 Å². The molecule has 6 heteroatoms. The van der Waals surface area contributed by atoms with Gasteiger partial charge < -0.3 is 19.7 Å². The number of halogens is 1. The van der Waals surface area contributed by atoms with Crippen molar-refractivity contribution in [2.75, 3.05) is 13.6 Å². The molecule has 5 nitrogen and oxygen atoms in total. The number of aliphatic hydroxyl groups is 1. The predicted octanol–water partition coefficient (Wildman–Crippen LogP) is 2.83. The Labute approximate surface area is 153 Å². The van der Waals surface area contributed by atoms with Gasteiger partial charge in [-0.2, -0.15) is 0 Å². The summed E-state index contributed by atoms with van der Waals surface area (Å²) in [5, 5.41) is 12.6. The van der Waals surface area contributed by atoms with E-state index < -0.39 is 0 Å². The molecule has 23 heavy (non-hydrogen) atoms. The Morgan fingerprint density at radius 2 is 2.04 bits per heavy atom. The molecular weight excluding hydrogens is 405 g/mol. The van der Waals surface area contributed by atoms with Crippen LogP contribution in [-0.2, 0) is 13.2 Å². The molecule has 3 rings (SSSR count). The fourth-order valence-corrected chi connectivity index (χ4v) is 2.61. The molecule has 0 saturated carbocycles. The highest BCUT2D eigenvalue weighted by Gasteiger charge is 2.22. The Bertz CT molecular complexity index is 667. The molecule has 2 N–H and O–H groups in total. The van der Waals surface area contributed by atoms with Gasteiger partial charge in [0.05, 0.1) is 25.5 Å². The van der Waals surface area contributed by atoms with Crippen LogP contribution >= 0.6 is 24.0 Å². The van der Waals surface area contributed by atoms with Crippen molar-refractivity contribution >= 4 is 29.9 Å². The highest BCUT2D eigenvalue weighted by molar-refractivity contribution is 14.0. The van der Waals surface area contributed by atoms with E-state index in [1.807, 2.05) is 44.3 Å². The monoisotopic (exact) mass is 427 g/mol. The number of benzene rings is 1. The summed E-state index contributed by atoms with van der Waals surface area (Å²) in [5.74, 6) is 1.85. The zero-order valence-corrected chi connectivity index (χ0v) is 15.7. The van der Waals surface area contributed by atoms with Crippen molar-refractivity contribution in [1.82, 2.24) is 10.2 Å². The van der Waals surface area contributed by atoms with Gasteiger partial charge in [0, 0.05) is 19.2 Å². The Kier molecular flexibility index (Phi) is 6.06. The van der Waals surface area contributed by atoms with Crippen molar-refractivity contribution in [2.24, 2.45) is 4.99 Å². The molecule has 1 aliphatic rings. The minimum Gasteiger partial charge on any atom is -0.469 e. The van der Waals surface area contributed by atoms with Crippen LogP contribution < -0.4 is 5.32 Å². The Morgan fingerprint density at radius 3 is 2.65 bits per heavy atom. The molecule has 1 aromatic carbocycles. The topological polar surface area (TPSA) is 61.0 Å². The normalized spacial score (nSPS) is 16.5. The average Bonchev–Trinajstić information content (AvgIpc) is 3.17. The first-order chi connectivity index (χ1) is 10.7. The smallest absolute Gasteiger partial charge is 0.194 e. The second-order valence-corrected chi connectivity index (χ2v) is 5.62. The molecule has 1 aromatic heterocycles. The van der Waals surface area contributed by atoms with Crippen LogP contribution in [0, 0.1) is 6.92 Å². The van der Waals surface area contributed by atoms with Crippen LogP contribution in [0.1, 0.15) is 28.5 Å². The van der Waals surface area contributed by atoms with Crippen molar-refractivity contribution in [3.05, 3.63) is 59.0 Å². The first-order valence-electron chi connectivity index (χ1n) is 7.42. The third kappa shape index (κ3) is 4.06. The maximum absolute atomic E-state index is 9.10. The second kappa shape index (κ2) is 7.83. The van der Waals surface area contributed by atoms with E-state index in [1.165, 1.54) is 11.1 Å². The zero-order valence-electron chi connectivity index (χ0n) is 13.3. The SMILES string of the molecule is Cc1occc1CN(C)C1=NCC(c2ccc(CO)cc2)N1.I. The van der Waals surface area contributed by atoms with Gasteiger partial charge in [0.25, 0.3) is 0 Å². The standard InChI is InChI=1S/C17H21N3O2.HI/c1-12-15(7-8-22-12)10-20(2)17-18-9-16(19-17)14-5-3-13(11-21)4-6-14;/h3-8,16,21H,9-11H2,1-2H3,(H,18,19);1H. The zero-order chi connectivity index (χ0) is 15.5. The molecule has 2 aromatic rings. The van der Waals surface area contributed by atoms with Crippen LogP contribution in [0.5, 0.6) is 0 Å². The van der Waals surface area contributed by atoms with Gasteiger partial charge in [-0.3, -0.25) is 4.99 Å². The van der Waals surface area contributed by atoms with Gasteiger partial charge in [0.2, 0.25) is 0 Å². The van der Waals surface area contributed by atoms with Crippen molar-refractivity contribution in [1.29, 1.82) is 0 Å². The van der Waals surface area contributed by atoms with Gasteiger partial charge in [-0.15, -0.1) is 24.0 Å². The number of nitrogens with one attached hydrogen (secondary N) is 1. The van der Waals surface area contributed by atoms with Crippen LogP contribution in [0.4, 0.5) is 0 Å². The Hall–Kier alpha value is -1.54. The van der Waals surface area contributed by atoms with Gasteiger partial charge in [-0.25, -0.2) is 0 Å². The number of furan rings is 1. The predicted molar refractivity (Wildman–Crippen MR) is 101 cm³/mol. The van der Waals surface area contributed by atoms with Crippen LogP contribution in [0.25, 0.3) is 0 Å². The van der Waals surface area contributed by atoms with Crippen molar-refractivity contribution in [2.45, 2.75) is 26.1 Å². The molecule has 0 radical (unpaired) electrons. The molecule has 0 spiro atoms. The first-order valence-corrected chi connectivity index (χ1v) is 7.42. The average molecular weight is 427 g/mol. The van der Waals surface area contributed by atoms with Crippen LogP contribution in [0.3, 0.4) is 0 Å². The Morgan fingerprint density at radius 1 is 1.30 bits per heavy atom. The first kappa shape index (κ1) is 17.8. The highest BCUT2D eigenvalue weighted by atomic mass is 127. The van der Waals surface area contributed by atoms with E-state index in [9.17, 15) is 0 Å². The lowest BCUT2D eigenvalue weighted by Crippen LogP contribution is -2.36. The number of hydrogen-bond acceptors (Lipinski definition) is 5. The fourth-order valence-electron chi connectivity index (χ4n) is 2.61. The number of guanidine groups is 1. The van der Waals surface area contributed by atoms with Crippen LogP contribution in [0.15, 0.2) is 46.0 Å². The van der Waals surface area contributed by atoms with Crippen molar-refractivity contribution in [3.8, 4) is 0 Å². The quantitative estimate of drug-likeness (QED) is 0.737. The van der Waals surface area contributed by atoms with Crippen molar-refractivity contribution in [3.63, 3.8) is 0 Å². The summed E-state index contributed by atoms with van der Waals surface area (Å²) in [6, 6.07) is 10.2. The molecule has 0 bridgehead atoms. The number of aliphatic imine (C=N–C) groups is 1. The molecular formula is C17H22IN3O2. The minimum absolute atomic E-state index is 0. The molecule has 0 saturated heterocycles. The van der Waals surface area contributed by atoms with E-state index in [4.69, 9.17) is 9.52 Å². The highest BCUT2D eigenvalue weighted by Crippen LogP contribution is 2.20. The number of rotatable bonds is 4. The van der Waals surface area contributed by atoms with E-state index in [0.717, 1.165) is 30.4 Å². The van der Waals surface area contributed by atoms with Crippen molar-refractivity contribution < 1.29 is 9.52 Å². The summed E-state index contributed by atoms with van der Waals surface area (Å²) in [7, 11) is 2.02. The second-order valence-electron chi connectivity index (χ2n) is 5.62. The molecule has 1 atom stereocenters. The van der Waals surface area contributed by atoms with E-state index >= 15 is 0 Å². The molecule has 0 aliphatic carbocycles. The van der Waals surface area contributed by atoms with E-state index in [1.54, 1.807) is 6.26 Å². The van der Waals surface area contributed by atoms with Gasteiger partial charge in [0.15, 0.2) is 5.96 Å². The van der Waals surface area contributed by atoms with Gasteiger partial charge in [-0.05, 0) is 24.1 Å². The molecule has 0 fully saturated rings. The molecule has 1 aliphatic heterocycles. The summed E-state index contributed by atoms with van der Waals surface area (Å²) in [5.41, 5.74) is 3.28. The van der Waals surface area contributed by atoms with Crippen LogP contribution in [-0.4, -0.2) is 29.6 Å². The van der Waals surface area contributed by atoms with E-state index in [-0.39, 0.29) is 36.6 Å². The molecule has 1 unspecified atom stereocenters. The maximum Gasteiger partial charge on any atom is 0.194 e. The number of nitrogens with zero attached hydrogens (tertiary/aromatic N) is 2. The van der Waals surface area contributed by atoms with Crippen LogP contribution in [0.2, 0.25) is 0 Å². The third-order valence-electron chi connectivity index (χ3n) is 4.03. The third-order valence-corrected chi connectivity index (χ3v) is 4.03. The number of aryl methyl sites for hydroxylation is 1. The lowest BCUT2D eigenvalue weighted by molar-refractivity contribution is 0.282. The fraction of sp³-hybridized carbons (Fsp3) is 0.353. The molecule has 124 valence electrons. The maximum atomic E-state index is 9.10.